The number of fused-ring (bicyclic) bond motifs is 1. The Bertz CT molecular complexity index is 857. The predicted molar refractivity (Wildman–Crippen MR) is 95.8 cm³/mol. The molecule has 1 atom stereocenters. The first-order valence-corrected chi connectivity index (χ1v) is 8.03. The van der Waals surface area contributed by atoms with E-state index in [0.29, 0.717) is 17.2 Å². The Morgan fingerprint density at radius 3 is 2.67 bits per heavy atom. The summed E-state index contributed by atoms with van der Waals surface area (Å²) in [5.74, 6) is 1.69. The average molecular weight is 326 g/mol. The molecule has 126 valence electrons. The largest absolute Gasteiger partial charge is 0.383 e. The molecule has 3 aromatic rings. The van der Waals surface area contributed by atoms with Crippen molar-refractivity contribution in [2.24, 2.45) is 0 Å². The third-order valence-electron chi connectivity index (χ3n) is 4.02. The van der Waals surface area contributed by atoms with Crippen LogP contribution in [0.2, 0.25) is 0 Å². The molecule has 2 aromatic heterocycles. The van der Waals surface area contributed by atoms with Gasteiger partial charge in [0.05, 0.1) is 5.39 Å². The van der Waals surface area contributed by atoms with Crippen molar-refractivity contribution < 1.29 is 4.52 Å². The first kappa shape index (κ1) is 16.0. The van der Waals surface area contributed by atoms with Gasteiger partial charge >= 0.3 is 0 Å². The van der Waals surface area contributed by atoms with Gasteiger partial charge in [0, 0.05) is 17.5 Å². The molecule has 2 heterocycles. The third-order valence-corrected chi connectivity index (χ3v) is 4.02. The molecule has 7 nitrogen and oxygen atoms in total. The number of nitrogens with zero attached hydrogens (tertiary/aromatic N) is 3. The summed E-state index contributed by atoms with van der Waals surface area (Å²) < 4.78 is 5.19. The Kier molecular flexibility index (Phi) is 4.24. The molecule has 0 aliphatic carbocycles. The molecule has 1 unspecified atom stereocenters. The minimum atomic E-state index is 0.0474. The molecule has 0 fully saturated rings. The van der Waals surface area contributed by atoms with Gasteiger partial charge in [0.2, 0.25) is 0 Å². The fourth-order valence-corrected chi connectivity index (χ4v) is 2.94. The highest BCUT2D eigenvalue weighted by Gasteiger charge is 2.22. The molecule has 0 amide bonds. The number of hydrogen-bond acceptors (Lipinski definition) is 7. The number of rotatable bonds is 5. The van der Waals surface area contributed by atoms with Crippen molar-refractivity contribution in [1.82, 2.24) is 15.1 Å². The smallest absolute Gasteiger partial charge is 0.174 e. The molecule has 0 saturated heterocycles. The highest BCUT2D eigenvalue weighted by atomic mass is 16.5. The van der Waals surface area contributed by atoms with Gasteiger partial charge in [-0.3, -0.25) is 0 Å². The zero-order valence-electron chi connectivity index (χ0n) is 14.1. The Hall–Kier alpha value is -2.83. The zero-order valence-corrected chi connectivity index (χ0v) is 14.1. The number of hydrogen-bond donors (Lipinski definition) is 3. The Balaban J connectivity index is 2.12. The lowest BCUT2D eigenvalue weighted by Crippen LogP contribution is -2.17. The molecule has 24 heavy (non-hydrogen) atoms. The van der Waals surface area contributed by atoms with Gasteiger partial charge in [-0.1, -0.05) is 18.1 Å². The van der Waals surface area contributed by atoms with Crippen LogP contribution in [-0.2, 0) is 0 Å². The molecule has 0 aliphatic heterocycles. The Morgan fingerprint density at radius 1 is 1.17 bits per heavy atom. The SMILES string of the molecule is CCC(c1ccc2onc(N)c2c1)c1c(N)ncnc1NC(C)C. The second-order valence-electron chi connectivity index (χ2n) is 6.10. The van der Waals surface area contributed by atoms with Crippen LogP contribution in [-0.4, -0.2) is 21.2 Å². The molecule has 5 N–H and O–H groups in total. The standard InChI is InChI=1S/C17H22N6O/c1-4-11(10-5-6-13-12(7-10)15(18)23-24-13)14-16(19)20-8-21-17(14)22-9(2)3/h5-9,11H,4H2,1-3H3,(H2,18,23)(H3,19,20,21,22). The van der Waals surface area contributed by atoms with Gasteiger partial charge in [-0.25, -0.2) is 9.97 Å². The normalized spacial score (nSPS) is 12.7. The van der Waals surface area contributed by atoms with Crippen molar-refractivity contribution in [1.29, 1.82) is 0 Å². The molecule has 3 rings (SSSR count). The van der Waals surface area contributed by atoms with Crippen LogP contribution in [0.15, 0.2) is 29.0 Å². The Labute approximate surface area is 140 Å². The van der Waals surface area contributed by atoms with Gasteiger partial charge in [-0.15, -0.1) is 0 Å². The summed E-state index contributed by atoms with van der Waals surface area (Å²) in [5.41, 5.74) is 14.7. The van der Waals surface area contributed by atoms with E-state index in [1.165, 1.54) is 6.33 Å². The van der Waals surface area contributed by atoms with E-state index in [1.54, 1.807) is 0 Å². The second-order valence-corrected chi connectivity index (χ2v) is 6.10. The summed E-state index contributed by atoms with van der Waals surface area (Å²) in [6, 6.07) is 6.13. The third kappa shape index (κ3) is 2.84. The Morgan fingerprint density at radius 2 is 1.96 bits per heavy atom. The van der Waals surface area contributed by atoms with E-state index in [2.05, 4.69) is 41.2 Å². The summed E-state index contributed by atoms with van der Waals surface area (Å²) in [7, 11) is 0. The van der Waals surface area contributed by atoms with E-state index in [-0.39, 0.29) is 12.0 Å². The number of benzene rings is 1. The van der Waals surface area contributed by atoms with Crippen molar-refractivity contribution in [3.05, 3.63) is 35.7 Å². The summed E-state index contributed by atoms with van der Waals surface area (Å²) in [6.45, 7) is 6.23. The quantitative estimate of drug-likeness (QED) is 0.659. The summed E-state index contributed by atoms with van der Waals surface area (Å²) in [4.78, 5) is 8.57. The molecule has 0 spiro atoms. The van der Waals surface area contributed by atoms with E-state index < -0.39 is 0 Å². The fraction of sp³-hybridized carbons (Fsp3) is 0.353. The lowest BCUT2D eigenvalue weighted by Gasteiger charge is -2.22. The monoisotopic (exact) mass is 326 g/mol. The molecule has 0 saturated carbocycles. The first-order valence-electron chi connectivity index (χ1n) is 8.03. The zero-order chi connectivity index (χ0) is 17.3. The second kappa shape index (κ2) is 6.35. The van der Waals surface area contributed by atoms with E-state index in [9.17, 15) is 0 Å². The topological polar surface area (TPSA) is 116 Å². The molecule has 0 bridgehead atoms. The number of nitrogens with one attached hydrogen (secondary N) is 1. The van der Waals surface area contributed by atoms with Crippen molar-refractivity contribution in [3.8, 4) is 0 Å². The highest BCUT2D eigenvalue weighted by molar-refractivity contribution is 5.87. The van der Waals surface area contributed by atoms with E-state index in [1.807, 2.05) is 18.2 Å². The fourth-order valence-electron chi connectivity index (χ4n) is 2.94. The molecular formula is C17H22N6O. The van der Waals surface area contributed by atoms with Gasteiger partial charge in [0.15, 0.2) is 11.4 Å². The van der Waals surface area contributed by atoms with Crippen LogP contribution in [0.1, 0.15) is 44.2 Å². The van der Waals surface area contributed by atoms with Crippen LogP contribution in [0.5, 0.6) is 0 Å². The van der Waals surface area contributed by atoms with Gasteiger partial charge < -0.3 is 21.3 Å². The van der Waals surface area contributed by atoms with Crippen molar-refractivity contribution in [3.63, 3.8) is 0 Å². The van der Waals surface area contributed by atoms with Crippen LogP contribution < -0.4 is 16.8 Å². The molecule has 0 radical (unpaired) electrons. The summed E-state index contributed by atoms with van der Waals surface area (Å²) >= 11 is 0. The van der Waals surface area contributed by atoms with Gasteiger partial charge in [0.1, 0.15) is 18.0 Å². The number of nitrogens with two attached hydrogens (primary N) is 2. The maximum atomic E-state index is 6.19. The van der Waals surface area contributed by atoms with Crippen molar-refractivity contribution in [2.45, 2.75) is 39.2 Å². The van der Waals surface area contributed by atoms with Crippen LogP contribution in [0.25, 0.3) is 11.0 Å². The maximum absolute atomic E-state index is 6.19. The van der Waals surface area contributed by atoms with Crippen molar-refractivity contribution >= 4 is 28.4 Å². The van der Waals surface area contributed by atoms with E-state index in [0.717, 1.165) is 28.8 Å². The maximum Gasteiger partial charge on any atom is 0.174 e. The first-order chi connectivity index (χ1) is 11.5. The van der Waals surface area contributed by atoms with Crippen LogP contribution >= 0.6 is 0 Å². The number of aromatic nitrogens is 3. The van der Waals surface area contributed by atoms with Crippen molar-refractivity contribution in [2.75, 3.05) is 16.8 Å². The van der Waals surface area contributed by atoms with Crippen LogP contribution in [0.3, 0.4) is 0 Å². The van der Waals surface area contributed by atoms with Crippen LogP contribution in [0, 0.1) is 0 Å². The molecule has 1 aromatic carbocycles. The highest BCUT2D eigenvalue weighted by Crippen LogP contribution is 2.37. The minimum absolute atomic E-state index is 0.0474. The summed E-state index contributed by atoms with van der Waals surface area (Å²) in [6.07, 6.45) is 2.33. The van der Waals surface area contributed by atoms with Gasteiger partial charge in [-0.05, 0) is 38.0 Å². The molecular weight excluding hydrogens is 304 g/mol. The van der Waals surface area contributed by atoms with E-state index in [4.69, 9.17) is 16.0 Å². The summed E-state index contributed by atoms with van der Waals surface area (Å²) in [5, 5.41) is 7.97. The lowest BCUT2D eigenvalue weighted by molar-refractivity contribution is 0.460. The van der Waals surface area contributed by atoms with Crippen LogP contribution in [0.4, 0.5) is 17.5 Å². The molecule has 7 heteroatoms. The van der Waals surface area contributed by atoms with Gasteiger partial charge in [0.25, 0.3) is 0 Å². The van der Waals surface area contributed by atoms with E-state index >= 15 is 0 Å². The minimum Gasteiger partial charge on any atom is -0.383 e. The predicted octanol–water partition coefficient (Wildman–Crippen LogP) is 3.14. The average Bonchev–Trinajstić information content (AvgIpc) is 2.91. The number of nitrogen functional groups attached to an aromatic ring is 2. The molecule has 0 aliphatic rings. The van der Waals surface area contributed by atoms with Gasteiger partial charge in [-0.2, -0.15) is 0 Å². The lowest BCUT2D eigenvalue weighted by atomic mass is 9.88. The number of anilines is 3.